The van der Waals surface area contributed by atoms with Gasteiger partial charge < -0.3 is 9.32 Å². The molecule has 0 spiro atoms. The van der Waals surface area contributed by atoms with Gasteiger partial charge in [0.1, 0.15) is 11.2 Å². The first-order valence-electron chi connectivity index (χ1n) is 27.2. The van der Waals surface area contributed by atoms with Gasteiger partial charge in [-0.3, -0.25) is 0 Å². The highest BCUT2D eigenvalue weighted by molar-refractivity contribution is 6.09. The summed E-state index contributed by atoms with van der Waals surface area (Å²) in [6.45, 7) is 7.08. The molecule has 3 aliphatic rings. The van der Waals surface area contributed by atoms with E-state index in [1.807, 2.05) is 6.07 Å². The van der Waals surface area contributed by atoms with Crippen LogP contribution in [0.3, 0.4) is 0 Å². The standard InChI is InChI=1S/C75H55NO/c1-48-17-13-18-52-19-14-25-58(71(48)52)49-33-39-54(40-34-49)75(53-20-5-4-6-21-53)67-30-11-8-24-65(67)72-59(26-16-31-68(72)75)50-35-41-55(42-36-50)76(57-45-46-62-61-22-7-10-29-66(61)74(2,3)69(62)47-57)56-43-37-51(38-44-56)60-27-15-28-64-63-23-9-12-32-70(63)77-73(60)64/h4-16,18-48H,17H2,1-3H3. The van der Waals surface area contributed by atoms with E-state index in [0.717, 1.165) is 56.5 Å². The maximum absolute atomic E-state index is 6.52. The zero-order valence-corrected chi connectivity index (χ0v) is 43.5. The Labute approximate surface area is 450 Å². The van der Waals surface area contributed by atoms with E-state index in [4.69, 9.17) is 4.42 Å². The van der Waals surface area contributed by atoms with E-state index in [2.05, 4.69) is 280 Å². The van der Waals surface area contributed by atoms with Gasteiger partial charge in [-0.25, -0.2) is 0 Å². The molecule has 366 valence electrons. The third kappa shape index (κ3) is 6.81. The van der Waals surface area contributed by atoms with Gasteiger partial charge in [-0.05, 0) is 149 Å². The van der Waals surface area contributed by atoms with Crippen LogP contribution in [-0.4, -0.2) is 0 Å². The van der Waals surface area contributed by atoms with Crippen molar-refractivity contribution in [3.05, 3.63) is 299 Å². The summed E-state index contributed by atoms with van der Waals surface area (Å²) >= 11 is 0. The molecular formula is C75H55NO. The fourth-order valence-electron chi connectivity index (χ4n) is 13.8. The quantitative estimate of drug-likeness (QED) is 0.151. The van der Waals surface area contributed by atoms with Crippen molar-refractivity contribution in [1.82, 2.24) is 0 Å². The molecule has 0 saturated carbocycles. The maximum Gasteiger partial charge on any atom is 0.143 e. The average molecular weight is 986 g/mol. The van der Waals surface area contributed by atoms with Gasteiger partial charge in [0.25, 0.3) is 0 Å². The second-order valence-electron chi connectivity index (χ2n) is 21.9. The Morgan fingerprint density at radius 3 is 1.75 bits per heavy atom. The molecule has 1 aromatic heterocycles. The van der Waals surface area contributed by atoms with E-state index in [-0.39, 0.29) is 5.41 Å². The number of benzene rings is 11. The Balaban J connectivity index is 0.855. The first kappa shape index (κ1) is 45.2. The van der Waals surface area contributed by atoms with Crippen molar-refractivity contribution in [1.29, 1.82) is 0 Å². The number of hydrogen-bond donors (Lipinski definition) is 0. The summed E-state index contributed by atoms with van der Waals surface area (Å²) in [6.07, 6.45) is 5.68. The van der Waals surface area contributed by atoms with Gasteiger partial charge in [0.15, 0.2) is 0 Å². The van der Waals surface area contributed by atoms with Gasteiger partial charge in [-0.2, -0.15) is 0 Å². The van der Waals surface area contributed by atoms with Crippen molar-refractivity contribution in [3.8, 4) is 55.6 Å². The molecule has 0 amide bonds. The summed E-state index contributed by atoms with van der Waals surface area (Å²) in [7, 11) is 0. The molecule has 2 nitrogen and oxygen atoms in total. The van der Waals surface area contributed by atoms with E-state index < -0.39 is 5.41 Å². The van der Waals surface area contributed by atoms with Gasteiger partial charge in [0, 0.05) is 38.8 Å². The van der Waals surface area contributed by atoms with Crippen LogP contribution in [0, 0.1) is 0 Å². The number of para-hydroxylation sites is 2. The molecule has 0 radical (unpaired) electrons. The Hall–Kier alpha value is -9.24. The minimum absolute atomic E-state index is 0.147. The van der Waals surface area contributed by atoms with Crippen molar-refractivity contribution in [3.63, 3.8) is 0 Å². The molecule has 0 aliphatic heterocycles. The highest BCUT2D eigenvalue weighted by Crippen LogP contribution is 2.59. The lowest BCUT2D eigenvalue weighted by molar-refractivity contribution is 0.660. The molecule has 3 aliphatic carbocycles. The average Bonchev–Trinajstić information content (AvgIpc) is 4.30. The molecule has 2 heteroatoms. The van der Waals surface area contributed by atoms with Gasteiger partial charge in [0.05, 0.1) is 5.41 Å². The number of fused-ring (bicyclic) bond motifs is 10. The number of rotatable bonds is 8. The number of anilines is 3. The van der Waals surface area contributed by atoms with Crippen LogP contribution in [0.15, 0.2) is 259 Å². The molecule has 77 heavy (non-hydrogen) atoms. The van der Waals surface area contributed by atoms with Crippen LogP contribution in [-0.2, 0) is 10.8 Å². The van der Waals surface area contributed by atoms with Gasteiger partial charge in [-0.1, -0.05) is 239 Å². The van der Waals surface area contributed by atoms with Crippen LogP contribution >= 0.6 is 0 Å². The number of allylic oxidation sites excluding steroid dienone is 1. The third-order valence-electron chi connectivity index (χ3n) is 17.4. The highest BCUT2D eigenvalue weighted by Gasteiger charge is 2.47. The summed E-state index contributed by atoms with van der Waals surface area (Å²) in [6, 6.07) is 92.6. The maximum atomic E-state index is 6.52. The monoisotopic (exact) mass is 985 g/mol. The predicted octanol–water partition coefficient (Wildman–Crippen LogP) is 20.2. The van der Waals surface area contributed by atoms with Crippen LogP contribution in [0.4, 0.5) is 17.1 Å². The summed E-state index contributed by atoms with van der Waals surface area (Å²) in [5, 5.41) is 2.27. The van der Waals surface area contributed by atoms with E-state index in [1.165, 1.54) is 89.0 Å². The molecule has 12 aromatic rings. The molecule has 2 unspecified atom stereocenters. The van der Waals surface area contributed by atoms with Crippen molar-refractivity contribution in [2.24, 2.45) is 0 Å². The molecule has 15 rings (SSSR count). The molecule has 0 saturated heterocycles. The first-order valence-corrected chi connectivity index (χ1v) is 27.2. The summed E-state index contributed by atoms with van der Waals surface area (Å²) < 4.78 is 6.52. The fraction of sp³-hybridized carbons (Fsp3) is 0.0933. The van der Waals surface area contributed by atoms with Crippen LogP contribution in [0.25, 0.3) is 83.6 Å². The van der Waals surface area contributed by atoms with E-state index in [1.54, 1.807) is 0 Å². The SMILES string of the molecule is CC1CC=Cc2cccc(-c3ccc(C4(c5ccccc5)c5ccccc5-c5c(-c6ccc(N(c7ccc(-c8cccc9c8oc8ccccc89)cc7)c7ccc8c(c7)C(C)(C)c7ccccc7-8)cc6)cccc54)cc3)c21. The van der Waals surface area contributed by atoms with E-state index in [9.17, 15) is 0 Å². The van der Waals surface area contributed by atoms with Crippen molar-refractivity contribution in [2.75, 3.05) is 4.90 Å². The topological polar surface area (TPSA) is 16.4 Å². The molecule has 2 atom stereocenters. The number of hydrogen-bond acceptors (Lipinski definition) is 2. The Kier molecular flexibility index (Phi) is 10.2. The molecule has 1 heterocycles. The number of nitrogens with zero attached hydrogens (tertiary/aromatic N) is 1. The lowest BCUT2D eigenvalue weighted by Gasteiger charge is -2.34. The summed E-state index contributed by atoms with van der Waals surface area (Å²) in [5.41, 5.74) is 27.4. The smallest absolute Gasteiger partial charge is 0.143 e. The van der Waals surface area contributed by atoms with Crippen molar-refractivity contribution < 1.29 is 4.42 Å². The third-order valence-corrected chi connectivity index (χ3v) is 17.4. The van der Waals surface area contributed by atoms with Crippen LogP contribution in [0.1, 0.15) is 77.6 Å². The first-order chi connectivity index (χ1) is 37.9. The zero-order valence-electron chi connectivity index (χ0n) is 43.5. The minimum atomic E-state index is -0.534. The molecular weight excluding hydrogens is 931 g/mol. The van der Waals surface area contributed by atoms with E-state index in [0.29, 0.717) is 5.92 Å². The second-order valence-corrected chi connectivity index (χ2v) is 21.9. The van der Waals surface area contributed by atoms with Crippen LogP contribution < -0.4 is 4.90 Å². The Bertz CT molecular complexity index is 4330. The Morgan fingerprint density at radius 1 is 0.416 bits per heavy atom. The largest absolute Gasteiger partial charge is 0.455 e. The lowest BCUT2D eigenvalue weighted by atomic mass is 9.67. The zero-order chi connectivity index (χ0) is 51.4. The highest BCUT2D eigenvalue weighted by atomic mass is 16.3. The predicted molar refractivity (Wildman–Crippen MR) is 322 cm³/mol. The van der Waals surface area contributed by atoms with Crippen molar-refractivity contribution in [2.45, 2.75) is 43.9 Å². The normalized spacial score (nSPS) is 16.4. The van der Waals surface area contributed by atoms with Gasteiger partial charge in [-0.15, -0.1) is 0 Å². The molecule has 0 N–H and O–H groups in total. The Morgan fingerprint density at radius 2 is 0.961 bits per heavy atom. The molecule has 11 aromatic carbocycles. The lowest BCUT2D eigenvalue weighted by Crippen LogP contribution is -2.28. The second kappa shape index (κ2) is 17.4. The van der Waals surface area contributed by atoms with Gasteiger partial charge in [0.2, 0.25) is 0 Å². The van der Waals surface area contributed by atoms with Crippen LogP contribution in [0.2, 0.25) is 0 Å². The van der Waals surface area contributed by atoms with Gasteiger partial charge >= 0.3 is 0 Å². The van der Waals surface area contributed by atoms with Crippen LogP contribution in [0.5, 0.6) is 0 Å². The summed E-state index contributed by atoms with van der Waals surface area (Å²) in [4.78, 5) is 2.42. The minimum Gasteiger partial charge on any atom is -0.455 e. The summed E-state index contributed by atoms with van der Waals surface area (Å²) in [5.74, 6) is 0.471. The van der Waals surface area contributed by atoms with E-state index >= 15 is 0 Å². The molecule has 0 bridgehead atoms. The molecule has 0 fully saturated rings. The number of furan rings is 1. The fourth-order valence-corrected chi connectivity index (χ4v) is 13.8. The van der Waals surface area contributed by atoms with Crippen molar-refractivity contribution >= 4 is 45.1 Å².